The van der Waals surface area contributed by atoms with Crippen LogP contribution in [0.1, 0.15) is 51.4 Å². The lowest BCUT2D eigenvalue weighted by Gasteiger charge is -2.56. The van der Waals surface area contributed by atoms with Crippen LogP contribution in [0.4, 0.5) is 5.82 Å². The minimum atomic E-state index is -0.0958. The largest absolute Gasteiger partial charge is 0.355 e. The molecule has 0 unspecified atom stereocenters. The van der Waals surface area contributed by atoms with Crippen LogP contribution in [0, 0.1) is 5.41 Å². The number of hydrogen-bond donors (Lipinski definition) is 0. The fourth-order valence-electron chi connectivity index (χ4n) is 4.47. The van der Waals surface area contributed by atoms with Crippen LogP contribution in [0.5, 0.6) is 0 Å². The van der Waals surface area contributed by atoms with Gasteiger partial charge in [-0.1, -0.05) is 57.0 Å². The quantitative estimate of drug-likeness (QED) is 0.594. The van der Waals surface area contributed by atoms with Gasteiger partial charge in [-0.2, -0.15) is 0 Å². The van der Waals surface area contributed by atoms with E-state index in [1.54, 1.807) is 0 Å². The second-order valence-electron chi connectivity index (χ2n) is 9.60. The molecule has 2 fully saturated rings. The highest BCUT2D eigenvalue weighted by molar-refractivity contribution is 6.31. The third-order valence-electron chi connectivity index (χ3n) is 6.33. The summed E-state index contributed by atoms with van der Waals surface area (Å²) < 4.78 is 2.20. The van der Waals surface area contributed by atoms with Crippen LogP contribution < -0.4 is 4.90 Å². The molecule has 2 aromatic heterocycles. The van der Waals surface area contributed by atoms with Gasteiger partial charge >= 0.3 is 0 Å². The van der Waals surface area contributed by atoms with Gasteiger partial charge in [-0.15, -0.1) is 0 Å². The molecule has 1 spiro atoms. The zero-order valence-corrected chi connectivity index (χ0v) is 17.6. The van der Waals surface area contributed by atoms with E-state index in [1.807, 2.05) is 18.2 Å². The molecule has 1 aliphatic heterocycles. The fourth-order valence-corrected chi connectivity index (χ4v) is 4.67. The van der Waals surface area contributed by atoms with Crippen LogP contribution in [0.25, 0.3) is 11.0 Å². The fraction of sp³-hybridized carbons (Fsp3) is 0.478. The summed E-state index contributed by atoms with van der Waals surface area (Å²) in [4.78, 5) is 12.5. The minimum Gasteiger partial charge on any atom is -0.355 e. The molecule has 28 heavy (non-hydrogen) atoms. The van der Waals surface area contributed by atoms with E-state index in [-0.39, 0.29) is 5.41 Å². The molecule has 0 atom stereocenters. The Kier molecular flexibility index (Phi) is 3.99. The van der Waals surface area contributed by atoms with Gasteiger partial charge < -0.3 is 9.47 Å². The van der Waals surface area contributed by atoms with Crippen LogP contribution in [0.3, 0.4) is 0 Å². The van der Waals surface area contributed by atoms with E-state index in [2.05, 4.69) is 48.6 Å². The predicted molar refractivity (Wildman–Crippen MR) is 115 cm³/mol. The van der Waals surface area contributed by atoms with Gasteiger partial charge in [-0.3, -0.25) is 0 Å². The maximum atomic E-state index is 6.41. The molecule has 0 bridgehead atoms. The molecule has 0 N–H and O–H groups in total. The van der Waals surface area contributed by atoms with Gasteiger partial charge in [-0.25, -0.2) is 9.97 Å². The summed E-state index contributed by atoms with van der Waals surface area (Å²) in [5.74, 6) is 2.01. The van der Waals surface area contributed by atoms with E-state index in [0.717, 1.165) is 46.4 Å². The maximum Gasteiger partial charge on any atom is 0.146 e. The summed E-state index contributed by atoms with van der Waals surface area (Å²) in [7, 11) is 0. The van der Waals surface area contributed by atoms with Crippen LogP contribution in [0.15, 0.2) is 36.5 Å². The summed E-state index contributed by atoms with van der Waals surface area (Å²) in [6, 6.07) is 10.2. The number of rotatable bonds is 3. The SMILES string of the molecule is CC(C)(C)c1nc(N2CC3(CCC3)C2)c2ccn(Cc3ccccc3Cl)c2n1. The third kappa shape index (κ3) is 2.89. The molecule has 0 amide bonds. The average Bonchev–Trinajstić information content (AvgIpc) is 2.97. The van der Waals surface area contributed by atoms with Gasteiger partial charge in [0, 0.05) is 35.1 Å². The van der Waals surface area contributed by atoms with Gasteiger partial charge in [0.15, 0.2) is 0 Å². The first-order chi connectivity index (χ1) is 13.3. The summed E-state index contributed by atoms with van der Waals surface area (Å²) in [6.07, 6.45) is 6.25. The molecule has 146 valence electrons. The lowest BCUT2D eigenvalue weighted by atomic mass is 9.63. The van der Waals surface area contributed by atoms with Crippen molar-refractivity contribution in [3.63, 3.8) is 0 Å². The molecule has 1 saturated carbocycles. The Morgan fingerprint density at radius 1 is 1.07 bits per heavy atom. The van der Waals surface area contributed by atoms with Crippen molar-refractivity contribution in [2.45, 2.75) is 52.0 Å². The highest BCUT2D eigenvalue weighted by atomic mass is 35.5. The molecule has 5 rings (SSSR count). The van der Waals surface area contributed by atoms with E-state index < -0.39 is 0 Å². The minimum absolute atomic E-state index is 0.0958. The van der Waals surface area contributed by atoms with Crippen LogP contribution in [0.2, 0.25) is 5.02 Å². The van der Waals surface area contributed by atoms with E-state index in [4.69, 9.17) is 21.6 Å². The first-order valence-electron chi connectivity index (χ1n) is 10.2. The Morgan fingerprint density at radius 3 is 2.46 bits per heavy atom. The van der Waals surface area contributed by atoms with Crippen molar-refractivity contribution in [3.05, 3.63) is 52.9 Å². The molecule has 0 radical (unpaired) electrons. The smallest absolute Gasteiger partial charge is 0.146 e. The highest BCUT2D eigenvalue weighted by Gasteiger charge is 2.48. The van der Waals surface area contributed by atoms with E-state index in [9.17, 15) is 0 Å². The van der Waals surface area contributed by atoms with Crippen molar-refractivity contribution in [1.82, 2.24) is 14.5 Å². The second kappa shape index (κ2) is 6.21. The zero-order chi connectivity index (χ0) is 19.5. The molecule has 1 saturated heterocycles. The zero-order valence-electron chi connectivity index (χ0n) is 16.9. The molecule has 2 aliphatic rings. The number of anilines is 1. The maximum absolute atomic E-state index is 6.41. The topological polar surface area (TPSA) is 34.0 Å². The van der Waals surface area contributed by atoms with Crippen molar-refractivity contribution in [2.75, 3.05) is 18.0 Å². The number of fused-ring (bicyclic) bond motifs is 1. The monoisotopic (exact) mass is 394 g/mol. The lowest BCUT2D eigenvalue weighted by Crippen LogP contribution is -2.60. The van der Waals surface area contributed by atoms with Crippen molar-refractivity contribution in [2.24, 2.45) is 5.41 Å². The van der Waals surface area contributed by atoms with Gasteiger partial charge in [0.2, 0.25) is 0 Å². The first-order valence-corrected chi connectivity index (χ1v) is 10.6. The molecule has 3 aromatic rings. The van der Waals surface area contributed by atoms with Crippen LogP contribution >= 0.6 is 11.6 Å². The Hall–Kier alpha value is -2.07. The number of nitrogens with zero attached hydrogens (tertiary/aromatic N) is 4. The van der Waals surface area contributed by atoms with Gasteiger partial charge in [0.25, 0.3) is 0 Å². The summed E-state index contributed by atoms with van der Waals surface area (Å²) in [6.45, 7) is 9.54. The summed E-state index contributed by atoms with van der Waals surface area (Å²) in [5.41, 5.74) is 2.58. The van der Waals surface area contributed by atoms with E-state index in [0.29, 0.717) is 12.0 Å². The van der Waals surface area contributed by atoms with Crippen molar-refractivity contribution in [1.29, 1.82) is 0 Å². The third-order valence-corrected chi connectivity index (χ3v) is 6.70. The standard InChI is InChI=1S/C23H27ClN4/c1-22(2,3)21-25-19-17(20(26-21)28-14-23(15-28)10-6-11-23)9-12-27(19)13-16-7-4-5-8-18(16)24/h4-5,7-9,12H,6,10-11,13-15H2,1-3H3. The second-order valence-corrected chi connectivity index (χ2v) is 10.0. The number of hydrogen-bond acceptors (Lipinski definition) is 3. The molecule has 3 heterocycles. The van der Waals surface area contributed by atoms with Crippen LogP contribution in [-0.2, 0) is 12.0 Å². The van der Waals surface area contributed by atoms with Crippen molar-refractivity contribution < 1.29 is 0 Å². The van der Waals surface area contributed by atoms with Crippen LogP contribution in [-0.4, -0.2) is 27.6 Å². The molecule has 1 aliphatic carbocycles. The van der Waals surface area contributed by atoms with Gasteiger partial charge in [-0.05, 0) is 30.5 Å². The number of benzene rings is 1. The Morgan fingerprint density at radius 2 is 1.82 bits per heavy atom. The number of halogens is 1. The molecular weight excluding hydrogens is 368 g/mol. The molecule has 5 heteroatoms. The van der Waals surface area contributed by atoms with Crippen molar-refractivity contribution >= 4 is 28.5 Å². The van der Waals surface area contributed by atoms with E-state index in [1.165, 1.54) is 19.3 Å². The average molecular weight is 395 g/mol. The van der Waals surface area contributed by atoms with Gasteiger partial charge in [0.05, 0.1) is 11.9 Å². The van der Waals surface area contributed by atoms with E-state index >= 15 is 0 Å². The molecule has 4 nitrogen and oxygen atoms in total. The lowest BCUT2D eigenvalue weighted by molar-refractivity contribution is 0.0898. The Labute approximate surface area is 171 Å². The summed E-state index contributed by atoms with van der Waals surface area (Å²) in [5, 5.41) is 1.94. The normalized spacial score (nSPS) is 18.4. The number of aromatic nitrogens is 3. The first kappa shape index (κ1) is 18.0. The predicted octanol–water partition coefficient (Wildman–Crippen LogP) is 5.42. The Balaban J connectivity index is 1.58. The van der Waals surface area contributed by atoms with Gasteiger partial charge in [0.1, 0.15) is 17.3 Å². The molecular formula is C23H27ClN4. The molecule has 1 aromatic carbocycles. The Bertz CT molecular complexity index is 1030. The highest BCUT2D eigenvalue weighted by Crippen LogP contribution is 2.50. The van der Waals surface area contributed by atoms with Crippen molar-refractivity contribution in [3.8, 4) is 0 Å². The summed E-state index contributed by atoms with van der Waals surface area (Å²) >= 11 is 6.41.